The Kier molecular flexibility index (Phi) is 5.01. The minimum Gasteiger partial charge on any atom is -0.493 e. The van der Waals surface area contributed by atoms with Crippen molar-refractivity contribution in [2.24, 2.45) is 0 Å². The SMILES string of the molecule is COc1cccc([C@@H](C#N)[C@H](C#N)c2ccccc2)c1OC. The molecule has 2 aromatic carbocycles. The average Bonchev–Trinajstić information content (AvgIpc) is 2.59. The van der Waals surface area contributed by atoms with E-state index in [-0.39, 0.29) is 0 Å². The van der Waals surface area contributed by atoms with Crippen molar-refractivity contribution in [2.75, 3.05) is 14.2 Å². The number of benzene rings is 2. The van der Waals surface area contributed by atoms with Crippen molar-refractivity contribution in [3.8, 4) is 23.6 Å². The molecule has 0 unspecified atom stereocenters. The summed E-state index contributed by atoms with van der Waals surface area (Å²) < 4.78 is 10.7. The first-order valence-electron chi connectivity index (χ1n) is 6.81. The van der Waals surface area contributed by atoms with Crippen molar-refractivity contribution in [3.05, 3.63) is 59.7 Å². The number of para-hydroxylation sites is 1. The van der Waals surface area contributed by atoms with Gasteiger partial charge < -0.3 is 9.47 Å². The molecule has 0 amide bonds. The lowest BCUT2D eigenvalue weighted by atomic mass is 9.83. The molecule has 0 fully saturated rings. The van der Waals surface area contributed by atoms with Crippen LogP contribution in [0.25, 0.3) is 0 Å². The zero-order valence-corrected chi connectivity index (χ0v) is 12.5. The molecule has 0 bridgehead atoms. The minimum atomic E-state index is -0.641. The minimum absolute atomic E-state index is 0.493. The maximum atomic E-state index is 9.63. The van der Waals surface area contributed by atoms with Crippen molar-refractivity contribution in [2.45, 2.75) is 11.8 Å². The number of nitriles is 2. The molecular weight excluding hydrogens is 276 g/mol. The molecule has 4 heteroatoms. The highest BCUT2D eigenvalue weighted by Crippen LogP contribution is 2.41. The Labute approximate surface area is 130 Å². The smallest absolute Gasteiger partial charge is 0.165 e. The van der Waals surface area contributed by atoms with Crippen LogP contribution < -0.4 is 9.47 Å². The highest BCUT2D eigenvalue weighted by Gasteiger charge is 2.28. The maximum Gasteiger partial charge on any atom is 0.165 e. The average molecular weight is 292 g/mol. The third-order valence-electron chi connectivity index (χ3n) is 3.54. The Hall–Kier alpha value is -2.98. The van der Waals surface area contributed by atoms with Gasteiger partial charge in [-0.3, -0.25) is 0 Å². The van der Waals surface area contributed by atoms with Gasteiger partial charge in [-0.25, -0.2) is 0 Å². The molecule has 0 aliphatic heterocycles. The number of hydrogen-bond acceptors (Lipinski definition) is 4. The van der Waals surface area contributed by atoms with Gasteiger partial charge >= 0.3 is 0 Å². The first kappa shape index (κ1) is 15.4. The van der Waals surface area contributed by atoms with Crippen LogP contribution in [-0.4, -0.2) is 14.2 Å². The fraction of sp³-hybridized carbons (Fsp3) is 0.222. The molecule has 0 aliphatic carbocycles. The van der Waals surface area contributed by atoms with Crippen molar-refractivity contribution < 1.29 is 9.47 Å². The zero-order chi connectivity index (χ0) is 15.9. The monoisotopic (exact) mass is 292 g/mol. The van der Waals surface area contributed by atoms with Crippen LogP contribution in [0.4, 0.5) is 0 Å². The van der Waals surface area contributed by atoms with E-state index in [1.165, 1.54) is 7.11 Å². The summed E-state index contributed by atoms with van der Waals surface area (Å²) in [6, 6.07) is 19.1. The van der Waals surface area contributed by atoms with E-state index in [1.54, 1.807) is 25.3 Å². The molecular formula is C18H16N2O2. The van der Waals surface area contributed by atoms with Gasteiger partial charge in [-0.1, -0.05) is 42.5 Å². The molecule has 0 spiro atoms. The van der Waals surface area contributed by atoms with Gasteiger partial charge in [0.2, 0.25) is 0 Å². The molecule has 0 saturated carbocycles. The standard InChI is InChI=1S/C18H16N2O2/c1-21-17-10-6-9-14(18(17)22-2)16(12-20)15(11-19)13-7-4-3-5-8-13/h3-10,15-16H,1-2H3/t15-,16-/m1/s1. The Morgan fingerprint density at radius 2 is 1.50 bits per heavy atom. The van der Waals surface area contributed by atoms with Crippen LogP contribution in [0.3, 0.4) is 0 Å². The van der Waals surface area contributed by atoms with Gasteiger partial charge in [0.25, 0.3) is 0 Å². The molecule has 4 nitrogen and oxygen atoms in total. The van der Waals surface area contributed by atoms with Crippen LogP contribution in [0.15, 0.2) is 48.5 Å². The number of ether oxygens (including phenoxy) is 2. The highest BCUT2D eigenvalue weighted by molar-refractivity contribution is 5.52. The van der Waals surface area contributed by atoms with E-state index in [9.17, 15) is 10.5 Å². The van der Waals surface area contributed by atoms with Gasteiger partial charge in [-0.05, 0) is 11.6 Å². The lowest BCUT2D eigenvalue weighted by Gasteiger charge is -2.20. The van der Waals surface area contributed by atoms with Crippen molar-refractivity contribution >= 4 is 0 Å². The van der Waals surface area contributed by atoms with Crippen LogP contribution in [0, 0.1) is 22.7 Å². The van der Waals surface area contributed by atoms with Gasteiger partial charge in [0.15, 0.2) is 11.5 Å². The van der Waals surface area contributed by atoms with Gasteiger partial charge in [-0.15, -0.1) is 0 Å². The number of hydrogen-bond donors (Lipinski definition) is 0. The highest BCUT2D eigenvalue weighted by atomic mass is 16.5. The van der Waals surface area contributed by atoms with E-state index < -0.39 is 11.8 Å². The molecule has 2 atom stereocenters. The van der Waals surface area contributed by atoms with Crippen LogP contribution in [0.1, 0.15) is 23.0 Å². The second-order valence-corrected chi connectivity index (χ2v) is 4.71. The van der Waals surface area contributed by atoms with Crippen molar-refractivity contribution in [1.29, 1.82) is 10.5 Å². The van der Waals surface area contributed by atoms with Gasteiger partial charge in [0, 0.05) is 5.56 Å². The number of rotatable bonds is 5. The normalized spacial score (nSPS) is 12.5. The summed E-state index contributed by atoms with van der Waals surface area (Å²) in [6.07, 6.45) is 0. The largest absolute Gasteiger partial charge is 0.493 e. The van der Waals surface area contributed by atoms with E-state index in [4.69, 9.17) is 9.47 Å². The van der Waals surface area contributed by atoms with E-state index in [2.05, 4.69) is 12.1 Å². The second kappa shape index (κ2) is 7.15. The summed E-state index contributed by atoms with van der Waals surface area (Å²) in [4.78, 5) is 0. The quantitative estimate of drug-likeness (QED) is 0.844. The number of methoxy groups -OCH3 is 2. The Bertz CT molecular complexity index is 714. The molecule has 0 N–H and O–H groups in total. The van der Waals surface area contributed by atoms with E-state index in [0.717, 1.165) is 5.56 Å². The van der Waals surface area contributed by atoms with E-state index in [1.807, 2.05) is 30.3 Å². The second-order valence-electron chi connectivity index (χ2n) is 4.71. The molecule has 0 radical (unpaired) electrons. The maximum absolute atomic E-state index is 9.63. The Morgan fingerprint density at radius 3 is 2.05 bits per heavy atom. The van der Waals surface area contributed by atoms with Crippen molar-refractivity contribution in [1.82, 2.24) is 0 Å². The summed E-state index contributed by atoms with van der Waals surface area (Å²) in [5.41, 5.74) is 1.46. The topological polar surface area (TPSA) is 66.0 Å². The molecule has 0 aromatic heterocycles. The van der Waals surface area contributed by atoms with Gasteiger partial charge in [-0.2, -0.15) is 10.5 Å². The summed E-state index contributed by atoms with van der Waals surface area (Å²) in [5, 5.41) is 19.2. The first-order valence-corrected chi connectivity index (χ1v) is 6.81. The summed E-state index contributed by atoms with van der Waals surface area (Å²) in [6.45, 7) is 0. The summed E-state index contributed by atoms with van der Waals surface area (Å²) in [5.74, 6) is -0.178. The van der Waals surface area contributed by atoms with Crippen LogP contribution >= 0.6 is 0 Å². The van der Waals surface area contributed by atoms with E-state index in [0.29, 0.717) is 17.1 Å². The summed E-state index contributed by atoms with van der Waals surface area (Å²) in [7, 11) is 3.07. The fourth-order valence-electron chi connectivity index (χ4n) is 2.48. The van der Waals surface area contributed by atoms with Gasteiger partial charge in [0.05, 0.1) is 38.2 Å². The molecule has 22 heavy (non-hydrogen) atoms. The fourth-order valence-corrected chi connectivity index (χ4v) is 2.48. The Balaban J connectivity index is 2.53. The first-order chi connectivity index (χ1) is 10.8. The Morgan fingerprint density at radius 1 is 0.818 bits per heavy atom. The zero-order valence-electron chi connectivity index (χ0n) is 12.5. The predicted octanol–water partition coefficient (Wildman–Crippen LogP) is 3.62. The van der Waals surface area contributed by atoms with Crippen LogP contribution in [0.5, 0.6) is 11.5 Å². The van der Waals surface area contributed by atoms with Gasteiger partial charge in [0.1, 0.15) is 0 Å². The van der Waals surface area contributed by atoms with Crippen LogP contribution in [-0.2, 0) is 0 Å². The van der Waals surface area contributed by atoms with Crippen LogP contribution in [0.2, 0.25) is 0 Å². The third-order valence-corrected chi connectivity index (χ3v) is 3.54. The molecule has 0 saturated heterocycles. The molecule has 2 rings (SSSR count). The molecule has 2 aromatic rings. The lowest BCUT2D eigenvalue weighted by Crippen LogP contribution is -2.10. The molecule has 110 valence electrons. The van der Waals surface area contributed by atoms with E-state index >= 15 is 0 Å². The molecule has 0 heterocycles. The predicted molar refractivity (Wildman–Crippen MR) is 82.7 cm³/mol. The third kappa shape index (κ3) is 2.87. The van der Waals surface area contributed by atoms with Crippen molar-refractivity contribution in [3.63, 3.8) is 0 Å². The molecule has 0 aliphatic rings. The number of nitrogens with zero attached hydrogens (tertiary/aromatic N) is 2. The lowest BCUT2D eigenvalue weighted by molar-refractivity contribution is 0.350. The summed E-state index contributed by atoms with van der Waals surface area (Å²) >= 11 is 0.